The Kier molecular flexibility index (Phi) is 6.32. The third-order valence-electron chi connectivity index (χ3n) is 3.38. The van der Waals surface area contributed by atoms with Crippen molar-refractivity contribution in [1.29, 1.82) is 5.26 Å². The number of hydrazine groups is 1. The molecule has 0 saturated carbocycles. The fourth-order valence-corrected chi connectivity index (χ4v) is 2.15. The van der Waals surface area contributed by atoms with Gasteiger partial charge in [0.25, 0.3) is 0 Å². The van der Waals surface area contributed by atoms with Crippen molar-refractivity contribution < 1.29 is 14.3 Å². The molecule has 0 amide bonds. The molecule has 124 valence electrons. The molecule has 2 aromatic carbocycles. The molecule has 0 heterocycles. The largest absolute Gasteiger partial charge is 0.497 e. The first-order valence-corrected chi connectivity index (χ1v) is 7.35. The van der Waals surface area contributed by atoms with Crippen LogP contribution in [0.5, 0.6) is 5.75 Å². The number of Topliss-reactive ketones (excluding diaryl/α,β-unsaturated/α-hetero) is 1. The first-order chi connectivity index (χ1) is 11.7. The van der Waals surface area contributed by atoms with Crippen LogP contribution in [0, 0.1) is 11.3 Å². The van der Waals surface area contributed by atoms with Gasteiger partial charge in [-0.2, -0.15) is 5.26 Å². The van der Waals surface area contributed by atoms with Crippen LogP contribution in [0.4, 0.5) is 5.69 Å². The van der Waals surface area contributed by atoms with Gasteiger partial charge in [-0.3, -0.25) is 9.80 Å². The number of methoxy groups -OCH3 is 2. The van der Waals surface area contributed by atoms with E-state index in [4.69, 9.17) is 9.47 Å². The molecule has 1 unspecified atom stereocenters. The molecule has 24 heavy (non-hydrogen) atoms. The summed E-state index contributed by atoms with van der Waals surface area (Å²) in [4.78, 5) is 12.5. The van der Waals surface area contributed by atoms with Crippen molar-refractivity contribution in [1.82, 2.24) is 5.43 Å². The van der Waals surface area contributed by atoms with Gasteiger partial charge < -0.3 is 9.47 Å². The molecule has 0 aliphatic heterocycles. The lowest BCUT2D eigenvalue weighted by molar-refractivity contribution is 0.0956. The number of nitriles is 1. The number of nitrogens with one attached hydrogen (secondary N) is 1. The Hall–Kier alpha value is -2.88. The van der Waals surface area contributed by atoms with Gasteiger partial charge in [0.1, 0.15) is 12.5 Å². The number of hydrogen-bond acceptors (Lipinski definition) is 6. The summed E-state index contributed by atoms with van der Waals surface area (Å²) in [6.45, 7) is 0.173. The smallest absolute Gasteiger partial charge is 0.195 e. The molecule has 0 aliphatic carbocycles. The Labute approximate surface area is 141 Å². The molecule has 0 bridgehead atoms. The third-order valence-corrected chi connectivity index (χ3v) is 3.38. The van der Waals surface area contributed by atoms with E-state index in [0.717, 1.165) is 5.69 Å². The highest BCUT2D eigenvalue weighted by Crippen LogP contribution is 2.18. The summed E-state index contributed by atoms with van der Waals surface area (Å²) in [5, 5.41) is 11.0. The molecule has 0 spiro atoms. The van der Waals surface area contributed by atoms with E-state index in [1.54, 1.807) is 55.6 Å². The summed E-state index contributed by atoms with van der Waals surface area (Å²) in [5.74, 6) is 0.418. The lowest BCUT2D eigenvalue weighted by Crippen LogP contribution is -2.49. The Bertz CT molecular complexity index is 696. The minimum Gasteiger partial charge on any atom is -0.497 e. The highest BCUT2D eigenvalue weighted by molar-refractivity contribution is 6.01. The minimum atomic E-state index is -1.02. The number of rotatable bonds is 8. The van der Waals surface area contributed by atoms with Gasteiger partial charge in [0.05, 0.1) is 18.9 Å². The standard InChI is InChI=1S/C18H19N3O3/c1-23-13-21(15-8-10-16(24-2)11-9-15)20-17(12-19)18(22)14-6-4-3-5-7-14/h3-11,17,20H,13H2,1-2H3. The van der Waals surface area contributed by atoms with E-state index in [2.05, 4.69) is 5.43 Å². The van der Waals surface area contributed by atoms with Crippen molar-refractivity contribution in [3.8, 4) is 11.8 Å². The summed E-state index contributed by atoms with van der Waals surface area (Å²) < 4.78 is 10.3. The third kappa shape index (κ3) is 4.32. The van der Waals surface area contributed by atoms with Crippen molar-refractivity contribution in [2.45, 2.75) is 6.04 Å². The Morgan fingerprint density at radius 1 is 1.17 bits per heavy atom. The molecular weight excluding hydrogens is 306 g/mol. The second kappa shape index (κ2) is 8.67. The zero-order valence-corrected chi connectivity index (χ0v) is 13.6. The van der Waals surface area contributed by atoms with Crippen LogP contribution in [-0.2, 0) is 4.74 Å². The zero-order chi connectivity index (χ0) is 17.4. The van der Waals surface area contributed by atoms with E-state index in [9.17, 15) is 10.1 Å². The van der Waals surface area contributed by atoms with Crippen molar-refractivity contribution >= 4 is 11.5 Å². The summed E-state index contributed by atoms with van der Waals surface area (Å²) in [7, 11) is 3.13. The summed E-state index contributed by atoms with van der Waals surface area (Å²) in [6.07, 6.45) is 0. The quantitative estimate of drug-likeness (QED) is 0.456. The Morgan fingerprint density at radius 2 is 1.83 bits per heavy atom. The van der Waals surface area contributed by atoms with E-state index in [-0.39, 0.29) is 12.5 Å². The first-order valence-electron chi connectivity index (χ1n) is 7.35. The number of carbonyl (C=O) groups is 1. The maximum Gasteiger partial charge on any atom is 0.195 e. The molecule has 2 rings (SSSR count). The average molecular weight is 325 g/mol. The monoisotopic (exact) mass is 325 g/mol. The van der Waals surface area contributed by atoms with E-state index in [1.807, 2.05) is 24.3 Å². The fraction of sp³-hybridized carbons (Fsp3) is 0.222. The minimum absolute atomic E-state index is 0.173. The number of anilines is 1. The number of ketones is 1. The predicted molar refractivity (Wildman–Crippen MR) is 90.7 cm³/mol. The molecule has 0 radical (unpaired) electrons. The maximum atomic E-state index is 12.5. The Morgan fingerprint density at radius 3 is 2.38 bits per heavy atom. The average Bonchev–Trinajstić information content (AvgIpc) is 2.65. The van der Waals surface area contributed by atoms with Crippen LogP contribution < -0.4 is 15.2 Å². The number of carbonyl (C=O) groups excluding carboxylic acids is 1. The number of benzene rings is 2. The molecule has 0 saturated heterocycles. The predicted octanol–water partition coefficient (Wildman–Crippen LogP) is 2.39. The van der Waals surface area contributed by atoms with Gasteiger partial charge in [0.2, 0.25) is 0 Å². The number of ether oxygens (including phenoxy) is 2. The SMILES string of the molecule is COCN(NC(C#N)C(=O)c1ccccc1)c1ccc(OC)cc1. The second-order valence-electron chi connectivity index (χ2n) is 4.97. The van der Waals surface area contributed by atoms with Gasteiger partial charge in [0.15, 0.2) is 11.8 Å². The summed E-state index contributed by atoms with van der Waals surface area (Å²) in [5.41, 5.74) is 4.14. The lowest BCUT2D eigenvalue weighted by Gasteiger charge is -2.26. The molecule has 1 atom stereocenters. The van der Waals surface area contributed by atoms with Crippen LogP contribution in [0.3, 0.4) is 0 Å². The first kappa shape index (κ1) is 17.5. The van der Waals surface area contributed by atoms with Gasteiger partial charge in [-0.25, -0.2) is 5.43 Å². The van der Waals surface area contributed by atoms with Gasteiger partial charge in [0, 0.05) is 12.7 Å². The van der Waals surface area contributed by atoms with Crippen molar-refractivity contribution in [3.05, 3.63) is 60.2 Å². The van der Waals surface area contributed by atoms with Crippen molar-refractivity contribution in [2.75, 3.05) is 26.0 Å². The number of nitrogens with zero attached hydrogens (tertiary/aromatic N) is 2. The highest BCUT2D eigenvalue weighted by Gasteiger charge is 2.22. The van der Waals surface area contributed by atoms with Gasteiger partial charge >= 0.3 is 0 Å². The number of hydrogen-bond donors (Lipinski definition) is 1. The van der Waals surface area contributed by atoms with E-state index < -0.39 is 6.04 Å². The maximum absolute atomic E-state index is 12.5. The molecule has 6 heteroatoms. The van der Waals surface area contributed by atoms with E-state index in [0.29, 0.717) is 11.3 Å². The van der Waals surface area contributed by atoms with E-state index >= 15 is 0 Å². The van der Waals surface area contributed by atoms with Gasteiger partial charge in [-0.15, -0.1) is 0 Å². The van der Waals surface area contributed by atoms with Crippen molar-refractivity contribution in [2.24, 2.45) is 0 Å². The molecule has 1 N–H and O–H groups in total. The van der Waals surface area contributed by atoms with Crippen LogP contribution in [0.2, 0.25) is 0 Å². The summed E-state index contributed by atoms with van der Waals surface area (Å²) >= 11 is 0. The topological polar surface area (TPSA) is 74.6 Å². The van der Waals surface area contributed by atoms with Crippen LogP contribution in [0.15, 0.2) is 54.6 Å². The normalized spacial score (nSPS) is 11.4. The van der Waals surface area contributed by atoms with Gasteiger partial charge in [-0.1, -0.05) is 30.3 Å². The van der Waals surface area contributed by atoms with Crippen LogP contribution in [-0.4, -0.2) is 32.8 Å². The van der Waals surface area contributed by atoms with Crippen molar-refractivity contribution in [3.63, 3.8) is 0 Å². The van der Waals surface area contributed by atoms with Crippen LogP contribution in [0.1, 0.15) is 10.4 Å². The summed E-state index contributed by atoms with van der Waals surface area (Å²) in [6, 6.07) is 16.9. The molecule has 0 aromatic heterocycles. The zero-order valence-electron chi connectivity index (χ0n) is 13.6. The van der Waals surface area contributed by atoms with Gasteiger partial charge in [-0.05, 0) is 24.3 Å². The fourth-order valence-electron chi connectivity index (χ4n) is 2.15. The molecule has 0 aliphatic rings. The van der Waals surface area contributed by atoms with Crippen LogP contribution >= 0.6 is 0 Å². The molecule has 2 aromatic rings. The molecular formula is C18H19N3O3. The Balaban J connectivity index is 2.18. The van der Waals surface area contributed by atoms with Crippen LogP contribution in [0.25, 0.3) is 0 Å². The molecule has 0 fully saturated rings. The molecule has 6 nitrogen and oxygen atoms in total. The highest BCUT2D eigenvalue weighted by atomic mass is 16.5. The van der Waals surface area contributed by atoms with E-state index in [1.165, 1.54) is 0 Å². The lowest BCUT2D eigenvalue weighted by atomic mass is 10.1. The second-order valence-corrected chi connectivity index (χ2v) is 4.97.